The molecule has 1 unspecified atom stereocenters. The first-order chi connectivity index (χ1) is 4.16. The highest BCUT2D eigenvalue weighted by molar-refractivity contribution is 9.09. The average Bonchev–Trinajstić information content (AvgIpc) is 1.63. The van der Waals surface area contributed by atoms with E-state index in [1.807, 2.05) is 6.92 Å². The van der Waals surface area contributed by atoms with Gasteiger partial charge in [0.2, 0.25) is 5.78 Å². The number of carbonyl (C=O) groups is 1. The number of hydrogen-bond acceptors (Lipinski definition) is 1. The average molecular weight is 191 g/mol. The highest BCUT2D eigenvalue weighted by Crippen LogP contribution is 2.01. The van der Waals surface area contributed by atoms with Crippen LogP contribution in [0.2, 0.25) is 0 Å². The molecule has 4 heteroatoms. The van der Waals surface area contributed by atoms with Crippen molar-refractivity contribution in [2.45, 2.75) is 18.2 Å². The quantitative estimate of drug-likeness (QED) is 0.284. The fourth-order valence-corrected chi connectivity index (χ4v) is 0.713. The molecule has 0 N–H and O–H groups in total. The molecule has 0 amide bonds. The summed E-state index contributed by atoms with van der Waals surface area (Å²) in [4.78, 5) is 13.2. The number of alkyl halides is 1. The highest BCUT2D eigenvalue weighted by atomic mass is 79.9. The predicted molar refractivity (Wildman–Crippen MR) is 37.7 cm³/mol. The smallest absolute Gasteiger partial charge is 0.323 e. The van der Waals surface area contributed by atoms with E-state index in [1.54, 1.807) is 0 Å². The number of carbonyl (C=O) groups excluding carboxylic acids is 1. The first-order valence-corrected chi connectivity index (χ1v) is 3.42. The van der Waals surface area contributed by atoms with Gasteiger partial charge in [0.1, 0.15) is 0 Å². The first-order valence-electron chi connectivity index (χ1n) is 2.51. The van der Waals surface area contributed by atoms with E-state index in [-0.39, 0.29) is 10.6 Å². The summed E-state index contributed by atoms with van der Waals surface area (Å²) in [5, 5.41) is 0. The Kier molecular flexibility index (Phi) is 4.18. The molecule has 1 atom stereocenters. The molecule has 0 aromatic heterocycles. The third kappa shape index (κ3) is 5.40. The van der Waals surface area contributed by atoms with E-state index >= 15 is 0 Å². The Morgan fingerprint density at radius 1 is 2.00 bits per heavy atom. The monoisotopic (exact) mass is 190 g/mol. The van der Waals surface area contributed by atoms with Crippen LogP contribution in [0.5, 0.6) is 0 Å². The summed E-state index contributed by atoms with van der Waals surface area (Å²) in [6, 6.07) is 0. The van der Waals surface area contributed by atoms with Gasteiger partial charge in [0.25, 0.3) is 0 Å². The molecule has 0 saturated heterocycles. The molecular formula is C5H7BrN2O. The molecule has 0 fully saturated rings. The molecule has 0 spiro atoms. The second kappa shape index (κ2) is 4.41. The molecule has 0 aliphatic carbocycles. The van der Waals surface area contributed by atoms with E-state index in [1.165, 1.54) is 0 Å². The van der Waals surface area contributed by atoms with E-state index in [4.69, 9.17) is 5.53 Å². The lowest BCUT2D eigenvalue weighted by Crippen LogP contribution is -2.05. The molecule has 0 aromatic carbocycles. The molecule has 50 valence electrons. The predicted octanol–water partition coefficient (Wildman–Crippen LogP) is 1.03. The molecule has 0 aromatic rings. The third-order valence-electron chi connectivity index (χ3n) is 0.684. The van der Waals surface area contributed by atoms with Crippen LogP contribution in [0.25, 0.3) is 5.53 Å². The Bertz CT molecular complexity index is 149. The van der Waals surface area contributed by atoms with Crippen molar-refractivity contribution in [2.24, 2.45) is 0 Å². The van der Waals surface area contributed by atoms with Crippen molar-refractivity contribution in [1.82, 2.24) is 0 Å². The van der Waals surface area contributed by atoms with Gasteiger partial charge in [0.05, 0.1) is 0 Å². The molecular weight excluding hydrogens is 184 g/mol. The second-order valence-corrected chi connectivity index (χ2v) is 3.26. The van der Waals surface area contributed by atoms with Crippen LogP contribution in [0, 0.1) is 0 Å². The van der Waals surface area contributed by atoms with Gasteiger partial charge in [-0.1, -0.05) is 22.9 Å². The number of hydrogen-bond donors (Lipinski definition) is 0. The van der Waals surface area contributed by atoms with Crippen LogP contribution < -0.4 is 0 Å². The summed E-state index contributed by atoms with van der Waals surface area (Å²) in [6.45, 7) is 1.85. The molecule has 0 radical (unpaired) electrons. The molecule has 0 heterocycles. The zero-order valence-corrected chi connectivity index (χ0v) is 6.63. The van der Waals surface area contributed by atoms with Crippen molar-refractivity contribution >= 4 is 27.9 Å². The van der Waals surface area contributed by atoms with Gasteiger partial charge in [-0.2, -0.15) is 4.79 Å². The minimum absolute atomic E-state index is 0.142. The van der Waals surface area contributed by atoms with E-state index in [9.17, 15) is 4.79 Å². The minimum Gasteiger partial charge on any atom is -0.361 e. The minimum atomic E-state index is -0.179. The fourth-order valence-electron chi connectivity index (χ4n) is 0.394. The van der Waals surface area contributed by atoms with Crippen molar-refractivity contribution in [1.29, 1.82) is 0 Å². The van der Waals surface area contributed by atoms with Crippen LogP contribution in [0.4, 0.5) is 0 Å². The fraction of sp³-hybridized carbons (Fsp3) is 0.600. The Balaban J connectivity index is 3.64. The zero-order chi connectivity index (χ0) is 7.28. The van der Waals surface area contributed by atoms with Crippen LogP contribution in [0.1, 0.15) is 13.3 Å². The summed E-state index contributed by atoms with van der Waals surface area (Å²) in [5.74, 6) is -0.179. The summed E-state index contributed by atoms with van der Waals surface area (Å²) in [6.07, 6.45) is 1.27. The van der Waals surface area contributed by atoms with Crippen molar-refractivity contribution in [2.75, 3.05) is 0 Å². The maximum Gasteiger partial charge on any atom is 0.323 e. The number of nitrogens with zero attached hydrogens (tertiary/aromatic N) is 2. The van der Waals surface area contributed by atoms with Gasteiger partial charge in [-0.3, -0.25) is 4.79 Å². The molecule has 0 saturated carbocycles. The van der Waals surface area contributed by atoms with Gasteiger partial charge in [-0.25, -0.2) is 0 Å². The number of rotatable bonds is 3. The van der Waals surface area contributed by atoms with E-state index in [0.29, 0.717) is 6.42 Å². The number of Topliss-reactive ketones (excluding diaryl/α,β-unsaturated/α-hetero) is 1. The van der Waals surface area contributed by atoms with Crippen LogP contribution in [-0.2, 0) is 4.79 Å². The summed E-state index contributed by atoms with van der Waals surface area (Å²) < 4.78 is 0. The molecule has 0 aliphatic rings. The Hall–Kier alpha value is -0.470. The van der Waals surface area contributed by atoms with E-state index in [2.05, 4.69) is 20.7 Å². The van der Waals surface area contributed by atoms with Crippen molar-refractivity contribution in [3.05, 3.63) is 5.53 Å². The summed E-state index contributed by atoms with van der Waals surface area (Å²) in [5.41, 5.74) is 7.88. The van der Waals surface area contributed by atoms with Crippen LogP contribution in [0.15, 0.2) is 0 Å². The van der Waals surface area contributed by atoms with Crippen molar-refractivity contribution < 1.29 is 9.58 Å². The third-order valence-corrected chi connectivity index (χ3v) is 1.01. The van der Waals surface area contributed by atoms with Crippen LogP contribution in [0.3, 0.4) is 0 Å². The maximum atomic E-state index is 10.5. The zero-order valence-electron chi connectivity index (χ0n) is 5.04. The number of halogens is 1. The number of ketones is 1. The Morgan fingerprint density at radius 3 is 2.89 bits per heavy atom. The van der Waals surface area contributed by atoms with Gasteiger partial charge in [-0.05, 0) is 0 Å². The van der Waals surface area contributed by atoms with Crippen LogP contribution >= 0.6 is 15.9 Å². The van der Waals surface area contributed by atoms with Gasteiger partial charge in [0.15, 0.2) is 0 Å². The molecule has 0 aliphatic heterocycles. The van der Waals surface area contributed by atoms with Gasteiger partial charge in [0, 0.05) is 11.2 Å². The largest absolute Gasteiger partial charge is 0.361 e. The first kappa shape index (κ1) is 8.53. The molecule has 0 rings (SSSR count). The lowest BCUT2D eigenvalue weighted by molar-refractivity contribution is -0.115. The Labute approximate surface area is 61.8 Å². The maximum absolute atomic E-state index is 10.5. The molecule has 0 bridgehead atoms. The van der Waals surface area contributed by atoms with Crippen molar-refractivity contribution in [3.8, 4) is 0 Å². The topological polar surface area (TPSA) is 53.5 Å². The molecule has 3 nitrogen and oxygen atoms in total. The van der Waals surface area contributed by atoms with Gasteiger partial charge < -0.3 is 5.53 Å². The second-order valence-electron chi connectivity index (χ2n) is 1.70. The summed E-state index contributed by atoms with van der Waals surface area (Å²) in [7, 11) is 0. The lowest BCUT2D eigenvalue weighted by Gasteiger charge is -1.91. The van der Waals surface area contributed by atoms with E-state index < -0.39 is 0 Å². The molecule has 9 heavy (non-hydrogen) atoms. The van der Waals surface area contributed by atoms with Gasteiger partial charge >= 0.3 is 6.21 Å². The van der Waals surface area contributed by atoms with E-state index in [0.717, 1.165) is 6.21 Å². The SMILES string of the molecule is CC(Br)CC(=O)C=[N+]=[N-]. The highest BCUT2D eigenvalue weighted by Gasteiger charge is 2.05. The van der Waals surface area contributed by atoms with Crippen LogP contribution in [-0.4, -0.2) is 21.6 Å². The normalized spacial score (nSPS) is 11.8. The lowest BCUT2D eigenvalue weighted by atomic mass is 10.2. The standard InChI is InChI=1S/C5H7BrN2O/c1-4(6)2-5(9)3-8-7/h3-4H,2H2,1H3. The Morgan fingerprint density at radius 2 is 2.56 bits per heavy atom. The summed E-state index contributed by atoms with van der Waals surface area (Å²) >= 11 is 3.18. The van der Waals surface area contributed by atoms with Gasteiger partial charge in [-0.15, -0.1) is 0 Å². The van der Waals surface area contributed by atoms with Crippen molar-refractivity contribution in [3.63, 3.8) is 0 Å².